The second kappa shape index (κ2) is 6.45. The minimum atomic E-state index is -0.858. The van der Waals surface area contributed by atoms with Crippen molar-refractivity contribution in [1.29, 1.82) is 0 Å². The molecular weight excluding hydrogens is 298 g/mol. The molecule has 1 N–H and O–H groups in total. The first-order valence-electron chi connectivity index (χ1n) is 6.33. The summed E-state index contributed by atoms with van der Waals surface area (Å²) in [5.41, 5.74) is 1.46. The van der Waals surface area contributed by atoms with Crippen LogP contribution in [-0.2, 0) is 11.3 Å². The maximum Gasteiger partial charge on any atom is 0.313 e. The lowest BCUT2D eigenvalue weighted by Crippen LogP contribution is -2.06. The molecule has 0 radical (unpaired) electrons. The van der Waals surface area contributed by atoms with Crippen molar-refractivity contribution in [2.45, 2.75) is 32.0 Å². The zero-order valence-corrected chi connectivity index (χ0v) is 12.9. The van der Waals surface area contributed by atoms with E-state index in [0.29, 0.717) is 21.6 Å². The molecule has 0 atom stereocenters. The van der Waals surface area contributed by atoms with Crippen LogP contribution in [0.4, 0.5) is 0 Å². The maximum atomic E-state index is 10.7. The number of aromatic nitrogens is 3. The lowest BCUT2D eigenvalue weighted by atomic mass is 10.1. The number of aliphatic carboxylic acids is 1. The van der Waals surface area contributed by atoms with Crippen LogP contribution in [0.1, 0.15) is 20.3 Å². The minimum absolute atomic E-state index is 0.0151. The topological polar surface area (TPSA) is 68.0 Å². The molecular formula is C13H16ClN3O2S. The molecule has 0 aliphatic heterocycles. The Morgan fingerprint density at radius 3 is 2.95 bits per heavy atom. The van der Waals surface area contributed by atoms with Crippen LogP contribution in [0.25, 0.3) is 11.2 Å². The Bertz CT molecular complexity index is 627. The third-order valence-electron chi connectivity index (χ3n) is 2.77. The fraction of sp³-hybridized carbons (Fsp3) is 0.462. The SMILES string of the molecule is CC(C)CCn1c(SCC(=O)O)nc2cc(Cl)cnc21. The van der Waals surface area contributed by atoms with E-state index >= 15 is 0 Å². The lowest BCUT2D eigenvalue weighted by molar-refractivity contribution is -0.133. The smallest absolute Gasteiger partial charge is 0.313 e. The van der Waals surface area contributed by atoms with Crippen molar-refractivity contribution in [2.24, 2.45) is 5.92 Å². The zero-order chi connectivity index (χ0) is 14.7. The highest BCUT2D eigenvalue weighted by atomic mass is 35.5. The standard InChI is InChI=1S/C13H16ClN3O2S/c1-8(2)3-4-17-12-10(5-9(14)6-15-12)16-13(17)20-7-11(18)19/h5-6,8H,3-4,7H2,1-2H3,(H,18,19). The number of pyridine rings is 1. The molecule has 0 spiro atoms. The van der Waals surface area contributed by atoms with E-state index in [0.717, 1.165) is 18.6 Å². The molecule has 0 fully saturated rings. The van der Waals surface area contributed by atoms with Crippen LogP contribution in [0.5, 0.6) is 0 Å². The molecule has 2 aromatic rings. The van der Waals surface area contributed by atoms with E-state index in [4.69, 9.17) is 16.7 Å². The molecule has 0 saturated heterocycles. The van der Waals surface area contributed by atoms with Gasteiger partial charge in [-0.3, -0.25) is 4.79 Å². The molecule has 0 saturated carbocycles. The van der Waals surface area contributed by atoms with E-state index in [1.807, 2.05) is 4.57 Å². The first-order valence-corrected chi connectivity index (χ1v) is 7.70. The summed E-state index contributed by atoms with van der Waals surface area (Å²) < 4.78 is 1.97. The van der Waals surface area contributed by atoms with Crippen molar-refractivity contribution in [3.63, 3.8) is 0 Å². The molecule has 2 rings (SSSR count). The van der Waals surface area contributed by atoms with Gasteiger partial charge in [0.1, 0.15) is 5.52 Å². The van der Waals surface area contributed by atoms with Gasteiger partial charge in [0, 0.05) is 12.7 Å². The number of aryl methyl sites for hydroxylation is 1. The van der Waals surface area contributed by atoms with Crippen molar-refractivity contribution < 1.29 is 9.90 Å². The first-order chi connectivity index (χ1) is 9.47. The molecule has 7 heteroatoms. The number of hydrogen-bond acceptors (Lipinski definition) is 4. The van der Waals surface area contributed by atoms with Gasteiger partial charge in [-0.15, -0.1) is 0 Å². The maximum absolute atomic E-state index is 10.7. The fourth-order valence-corrected chi connectivity index (χ4v) is 2.69. The van der Waals surface area contributed by atoms with Crippen molar-refractivity contribution >= 4 is 40.5 Å². The summed E-state index contributed by atoms with van der Waals surface area (Å²) in [6.07, 6.45) is 2.57. The van der Waals surface area contributed by atoms with E-state index in [1.165, 1.54) is 11.8 Å². The van der Waals surface area contributed by atoms with E-state index < -0.39 is 5.97 Å². The Kier molecular flexibility index (Phi) is 4.88. The van der Waals surface area contributed by atoms with E-state index in [9.17, 15) is 4.79 Å². The van der Waals surface area contributed by atoms with Gasteiger partial charge in [0.15, 0.2) is 10.8 Å². The number of nitrogens with zero attached hydrogens (tertiary/aromatic N) is 3. The highest BCUT2D eigenvalue weighted by Crippen LogP contribution is 2.25. The molecule has 20 heavy (non-hydrogen) atoms. The van der Waals surface area contributed by atoms with Gasteiger partial charge >= 0.3 is 5.97 Å². The third kappa shape index (κ3) is 3.64. The molecule has 5 nitrogen and oxygen atoms in total. The van der Waals surface area contributed by atoms with Crippen LogP contribution in [0.2, 0.25) is 5.02 Å². The van der Waals surface area contributed by atoms with Gasteiger partial charge in [-0.2, -0.15) is 0 Å². The number of carboxylic acids is 1. The van der Waals surface area contributed by atoms with Gasteiger partial charge < -0.3 is 9.67 Å². The van der Waals surface area contributed by atoms with Crippen molar-refractivity contribution in [1.82, 2.24) is 14.5 Å². The van der Waals surface area contributed by atoms with Gasteiger partial charge in [0.05, 0.1) is 10.8 Å². The largest absolute Gasteiger partial charge is 0.481 e. The Morgan fingerprint density at radius 1 is 1.55 bits per heavy atom. The molecule has 0 aliphatic rings. The van der Waals surface area contributed by atoms with Crippen LogP contribution in [0, 0.1) is 5.92 Å². The fourth-order valence-electron chi connectivity index (χ4n) is 1.79. The number of carboxylic acid groups (broad SMARTS) is 1. The van der Waals surface area contributed by atoms with E-state index in [-0.39, 0.29) is 5.75 Å². The second-order valence-electron chi connectivity index (χ2n) is 4.91. The summed E-state index contributed by atoms with van der Waals surface area (Å²) in [4.78, 5) is 19.5. The monoisotopic (exact) mass is 313 g/mol. The summed E-state index contributed by atoms with van der Waals surface area (Å²) in [6.45, 7) is 5.06. The predicted octanol–water partition coefficient (Wildman–Crippen LogP) is 3.31. The third-order valence-corrected chi connectivity index (χ3v) is 3.94. The van der Waals surface area contributed by atoms with Gasteiger partial charge in [0.2, 0.25) is 0 Å². The number of rotatable bonds is 6. The molecule has 0 bridgehead atoms. The lowest BCUT2D eigenvalue weighted by Gasteiger charge is -2.09. The second-order valence-corrected chi connectivity index (χ2v) is 6.29. The molecule has 108 valence electrons. The normalized spacial score (nSPS) is 11.4. The Balaban J connectivity index is 2.36. The Morgan fingerprint density at radius 2 is 2.30 bits per heavy atom. The quantitative estimate of drug-likeness (QED) is 0.829. The number of imidazole rings is 1. The first kappa shape index (κ1) is 15.1. The average Bonchev–Trinajstić information content (AvgIpc) is 2.70. The number of hydrogen-bond donors (Lipinski definition) is 1. The summed E-state index contributed by atoms with van der Waals surface area (Å²) in [7, 11) is 0. The van der Waals surface area contributed by atoms with Crippen LogP contribution in [-0.4, -0.2) is 31.4 Å². The van der Waals surface area contributed by atoms with Gasteiger partial charge in [-0.1, -0.05) is 37.2 Å². The Hall–Kier alpha value is -1.27. The van der Waals surface area contributed by atoms with Gasteiger partial charge in [0.25, 0.3) is 0 Å². The molecule has 0 amide bonds. The summed E-state index contributed by atoms with van der Waals surface area (Å²) in [5, 5.41) is 10.0. The average molecular weight is 314 g/mol. The number of carbonyl (C=O) groups is 1. The Labute approximate surface area is 126 Å². The van der Waals surface area contributed by atoms with Crippen molar-refractivity contribution in [3.8, 4) is 0 Å². The van der Waals surface area contributed by atoms with Crippen molar-refractivity contribution in [2.75, 3.05) is 5.75 Å². The van der Waals surface area contributed by atoms with Crippen LogP contribution in [0.3, 0.4) is 0 Å². The highest BCUT2D eigenvalue weighted by molar-refractivity contribution is 7.99. The minimum Gasteiger partial charge on any atom is -0.481 e. The molecule has 0 aliphatic carbocycles. The van der Waals surface area contributed by atoms with Gasteiger partial charge in [-0.05, 0) is 18.4 Å². The van der Waals surface area contributed by atoms with Crippen LogP contribution in [0.15, 0.2) is 17.4 Å². The molecule has 2 heterocycles. The number of fused-ring (bicyclic) bond motifs is 1. The van der Waals surface area contributed by atoms with E-state index in [2.05, 4.69) is 23.8 Å². The zero-order valence-electron chi connectivity index (χ0n) is 11.3. The number of thioether (sulfide) groups is 1. The van der Waals surface area contributed by atoms with E-state index in [1.54, 1.807) is 12.3 Å². The van der Waals surface area contributed by atoms with Crippen molar-refractivity contribution in [3.05, 3.63) is 17.3 Å². The highest BCUT2D eigenvalue weighted by Gasteiger charge is 2.14. The summed E-state index contributed by atoms with van der Waals surface area (Å²) in [5.74, 6) is -0.320. The number of halogens is 1. The van der Waals surface area contributed by atoms with Crippen LogP contribution >= 0.6 is 23.4 Å². The predicted molar refractivity (Wildman–Crippen MR) is 80.4 cm³/mol. The molecule has 2 aromatic heterocycles. The van der Waals surface area contributed by atoms with Gasteiger partial charge in [-0.25, -0.2) is 9.97 Å². The molecule has 0 unspecified atom stereocenters. The van der Waals surface area contributed by atoms with Crippen LogP contribution < -0.4 is 0 Å². The summed E-state index contributed by atoms with van der Waals surface area (Å²) in [6, 6.07) is 1.75. The molecule has 0 aromatic carbocycles. The summed E-state index contributed by atoms with van der Waals surface area (Å²) >= 11 is 7.13.